The number of hydrogen-bond acceptors (Lipinski definition) is 2. The van der Waals surface area contributed by atoms with Crippen molar-refractivity contribution in [1.29, 1.82) is 0 Å². The van der Waals surface area contributed by atoms with Gasteiger partial charge in [-0.05, 0) is 43.0 Å². The summed E-state index contributed by atoms with van der Waals surface area (Å²) in [6.07, 6.45) is 2.25. The minimum absolute atomic E-state index is 0.0475. The molecule has 1 aromatic rings. The largest absolute Gasteiger partial charge is 0.396 e. The predicted molar refractivity (Wildman–Crippen MR) is 66.4 cm³/mol. The maximum Gasteiger partial charge on any atom is 0.123 e. The maximum absolute atomic E-state index is 13.0. The van der Waals surface area contributed by atoms with Crippen LogP contribution in [0.3, 0.4) is 0 Å². The van der Waals surface area contributed by atoms with E-state index in [1.807, 2.05) is 13.8 Å². The molecule has 2 N–H and O–H groups in total. The van der Waals surface area contributed by atoms with Crippen molar-refractivity contribution < 1.29 is 14.6 Å². The number of rotatable bonds is 6. The summed E-state index contributed by atoms with van der Waals surface area (Å²) >= 11 is 0. The van der Waals surface area contributed by atoms with Gasteiger partial charge in [-0.3, -0.25) is 0 Å². The van der Waals surface area contributed by atoms with Crippen molar-refractivity contribution in [2.45, 2.75) is 33.1 Å². The molecule has 0 unspecified atom stereocenters. The Labute approximate surface area is 102 Å². The fraction of sp³-hybridized carbons (Fsp3) is 0.571. The Morgan fingerprint density at radius 3 is 2.35 bits per heavy atom. The SMILES string of the molecule is CCCC(CO)(CO)Cc1ccc(F)cc1C. The van der Waals surface area contributed by atoms with Crippen LogP contribution < -0.4 is 0 Å². The van der Waals surface area contributed by atoms with Crippen molar-refractivity contribution in [1.82, 2.24) is 0 Å². The van der Waals surface area contributed by atoms with Crippen LogP contribution in [0.15, 0.2) is 18.2 Å². The molecule has 0 saturated heterocycles. The van der Waals surface area contributed by atoms with Crippen LogP contribution in [0.4, 0.5) is 4.39 Å². The highest BCUT2D eigenvalue weighted by atomic mass is 19.1. The Balaban J connectivity index is 2.92. The number of aryl methyl sites for hydroxylation is 1. The molecule has 0 aliphatic rings. The molecule has 1 aromatic carbocycles. The quantitative estimate of drug-likeness (QED) is 0.802. The molecule has 0 amide bonds. The molecule has 0 spiro atoms. The van der Waals surface area contributed by atoms with Crippen molar-refractivity contribution in [3.63, 3.8) is 0 Å². The Bertz CT molecular complexity index is 359. The number of aliphatic hydroxyl groups is 2. The fourth-order valence-electron chi connectivity index (χ4n) is 2.20. The minimum atomic E-state index is -0.489. The lowest BCUT2D eigenvalue weighted by molar-refractivity contribution is 0.0465. The second-order valence-corrected chi connectivity index (χ2v) is 4.81. The fourth-order valence-corrected chi connectivity index (χ4v) is 2.20. The lowest BCUT2D eigenvalue weighted by Gasteiger charge is -2.30. The molecule has 0 fully saturated rings. The van der Waals surface area contributed by atoms with E-state index >= 15 is 0 Å². The zero-order valence-corrected chi connectivity index (χ0v) is 10.5. The molecule has 0 saturated carbocycles. The Kier molecular flexibility index (Phi) is 5.09. The van der Waals surface area contributed by atoms with Crippen LogP contribution in [-0.4, -0.2) is 23.4 Å². The molecule has 0 aliphatic heterocycles. The van der Waals surface area contributed by atoms with Gasteiger partial charge in [0.25, 0.3) is 0 Å². The lowest BCUT2D eigenvalue weighted by atomic mass is 9.78. The summed E-state index contributed by atoms with van der Waals surface area (Å²) in [6, 6.07) is 4.65. The second kappa shape index (κ2) is 6.12. The highest BCUT2D eigenvalue weighted by Crippen LogP contribution is 2.29. The van der Waals surface area contributed by atoms with Gasteiger partial charge in [-0.15, -0.1) is 0 Å². The van der Waals surface area contributed by atoms with Crippen molar-refractivity contribution in [2.24, 2.45) is 5.41 Å². The third-order valence-corrected chi connectivity index (χ3v) is 3.32. The maximum atomic E-state index is 13.0. The standard InChI is InChI=1S/C14H21FO2/c1-3-6-14(9-16,10-17)8-12-4-5-13(15)7-11(12)2/h4-5,7,16-17H,3,6,8-10H2,1-2H3. The van der Waals surface area contributed by atoms with Crippen LogP contribution >= 0.6 is 0 Å². The van der Waals surface area contributed by atoms with Gasteiger partial charge < -0.3 is 10.2 Å². The highest BCUT2D eigenvalue weighted by molar-refractivity contribution is 5.27. The van der Waals surface area contributed by atoms with Crippen molar-refractivity contribution in [3.05, 3.63) is 35.1 Å². The smallest absolute Gasteiger partial charge is 0.123 e. The molecule has 0 radical (unpaired) electrons. The zero-order chi connectivity index (χ0) is 12.9. The van der Waals surface area contributed by atoms with Crippen molar-refractivity contribution in [3.8, 4) is 0 Å². The molecule has 0 bridgehead atoms. The van der Waals surface area contributed by atoms with Crippen LogP contribution in [0.1, 0.15) is 30.9 Å². The first-order valence-electron chi connectivity index (χ1n) is 6.03. The minimum Gasteiger partial charge on any atom is -0.396 e. The third-order valence-electron chi connectivity index (χ3n) is 3.32. The normalized spacial score (nSPS) is 11.8. The average molecular weight is 240 g/mol. The van der Waals surface area contributed by atoms with Gasteiger partial charge in [-0.2, -0.15) is 0 Å². The summed E-state index contributed by atoms with van der Waals surface area (Å²) in [5.41, 5.74) is 1.37. The van der Waals surface area contributed by atoms with E-state index < -0.39 is 5.41 Å². The van der Waals surface area contributed by atoms with Gasteiger partial charge in [-0.25, -0.2) is 4.39 Å². The Hall–Kier alpha value is -0.930. The van der Waals surface area contributed by atoms with E-state index in [4.69, 9.17) is 0 Å². The number of hydrogen-bond donors (Lipinski definition) is 2. The zero-order valence-electron chi connectivity index (χ0n) is 10.5. The monoisotopic (exact) mass is 240 g/mol. The van der Waals surface area contributed by atoms with Crippen LogP contribution in [0, 0.1) is 18.2 Å². The van der Waals surface area contributed by atoms with Crippen molar-refractivity contribution in [2.75, 3.05) is 13.2 Å². The first-order valence-corrected chi connectivity index (χ1v) is 6.03. The lowest BCUT2D eigenvalue weighted by Crippen LogP contribution is -2.32. The molecule has 0 atom stereocenters. The second-order valence-electron chi connectivity index (χ2n) is 4.81. The molecule has 1 rings (SSSR count). The van der Waals surface area contributed by atoms with Gasteiger partial charge in [0, 0.05) is 5.41 Å². The Morgan fingerprint density at radius 2 is 1.88 bits per heavy atom. The molecular formula is C14H21FO2. The summed E-state index contributed by atoms with van der Waals surface area (Å²) in [4.78, 5) is 0. The number of halogens is 1. The Morgan fingerprint density at radius 1 is 1.24 bits per heavy atom. The van der Waals surface area contributed by atoms with Crippen LogP contribution in [0.5, 0.6) is 0 Å². The number of benzene rings is 1. The van der Waals surface area contributed by atoms with E-state index in [1.165, 1.54) is 12.1 Å². The van der Waals surface area contributed by atoms with Crippen LogP contribution in [0.25, 0.3) is 0 Å². The summed E-state index contributed by atoms with van der Waals surface area (Å²) in [6.45, 7) is 3.78. The van der Waals surface area contributed by atoms with Crippen LogP contribution in [0.2, 0.25) is 0 Å². The molecule has 0 aliphatic carbocycles. The summed E-state index contributed by atoms with van der Waals surface area (Å²) < 4.78 is 13.0. The van der Waals surface area contributed by atoms with E-state index in [1.54, 1.807) is 6.07 Å². The molecule has 17 heavy (non-hydrogen) atoms. The van der Waals surface area contributed by atoms with Crippen molar-refractivity contribution >= 4 is 0 Å². The summed E-state index contributed by atoms with van der Waals surface area (Å²) in [5, 5.41) is 19.0. The van der Waals surface area contributed by atoms with Gasteiger partial charge >= 0.3 is 0 Å². The molecule has 0 aromatic heterocycles. The molecule has 3 heteroatoms. The first-order chi connectivity index (χ1) is 8.06. The van der Waals surface area contributed by atoms with Gasteiger partial charge in [0.2, 0.25) is 0 Å². The van der Waals surface area contributed by atoms with E-state index in [-0.39, 0.29) is 19.0 Å². The summed E-state index contributed by atoms with van der Waals surface area (Å²) in [7, 11) is 0. The molecule has 2 nitrogen and oxygen atoms in total. The van der Waals surface area contributed by atoms with Gasteiger partial charge in [0.05, 0.1) is 13.2 Å². The van der Waals surface area contributed by atoms with E-state index in [0.29, 0.717) is 6.42 Å². The van der Waals surface area contributed by atoms with Gasteiger partial charge in [0.1, 0.15) is 5.82 Å². The predicted octanol–water partition coefficient (Wildman–Crippen LogP) is 2.45. The molecule has 96 valence electrons. The summed E-state index contributed by atoms with van der Waals surface area (Å²) in [5.74, 6) is -0.250. The first kappa shape index (κ1) is 14.1. The molecule has 0 heterocycles. The van der Waals surface area contributed by atoms with E-state index in [2.05, 4.69) is 0 Å². The van der Waals surface area contributed by atoms with Crippen LogP contribution in [-0.2, 0) is 6.42 Å². The van der Waals surface area contributed by atoms with Gasteiger partial charge in [0.15, 0.2) is 0 Å². The third kappa shape index (κ3) is 3.51. The topological polar surface area (TPSA) is 40.5 Å². The highest BCUT2D eigenvalue weighted by Gasteiger charge is 2.28. The van der Waals surface area contributed by atoms with E-state index in [9.17, 15) is 14.6 Å². The molecular weight excluding hydrogens is 219 g/mol. The van der Waals surface area contributed by atoms with Gasteiger partial charge in [-0.1, -0.05) is 19.4 Å². The van der Waals surface area contributed by atoms with E-state index in [0.717, 1.165) is 24.0 Å². The average Bonchev–Trinajstić information content (AvgIpc) is 2.32. The number of aliphatic hydroxyl groups excluding tert-OH is 2.